The number of rotatable bonds is 4. The number of halogens is 3. The fourth-order valence-corrected chi connectivity index (χ4v) is 2.22. The van der Waals surface area contributed by atoms with E-state index in [0.29, 0.717) is 23.0 Å². The first-order valence-corrected chi connectivity index (χ1v) is 7.00. The van der Waals surface area contributed by atoms with Crippen molar-refractivity contribution in [2.75, 3.05) is 16.9 Å². The number of nitrogen functional groups attached to an aromatic ring is 1. The molecule has 1 aromatic heterocycles. The molecule has 2 rings (SSSR count). The van der Waals surface area contributed by atoms with Crippen molar-refractivity contribution in [3.05, 3.63) is 35.7 Å². The van der Waals surface area contributed by atoms with Crippen molar-refractivity contribution >= 4 is 23.4 Å². The molecule has 0 saturated heterocycles. The average Bonchev–Trinajstić information content (AvgIpc) is 2.86. The number of benzene rings is 1. The summed E-state index contributed by atoms with van der Waals surface area (Å²) < 4.78 is 37.8. The Bertz CT molecular complexity index is 767. The number of nitriles is 1. The lowest BCUT2D eigenvalue weighted by Crippen LogP contribution is -2.22. The summed E-state index contributed by atoms with van der Waals surface area (Å²) in [6, 6.07) is 8.13. The van der Waals surface area contributed by atoms with Crippen LogP contribution in [0.25, 0.3) is 0 Å². The molecule has 120 valence electrons. The Morgan fingerprint density at radius 1 is 1.43 bits per heavy atom. The summed E-state index contributed by atoms with van der Waals surface area (Å²) in [4.78, 5) is 11.8. The van der Waals surface area contributed by atoms with Gasteiger partial charge in [0.2, 0.25) is 11.1 Å². The van der Waals surface area contributed by atoms with Crippen molar-refractivity contribution in [3.63, 3.8) is 0 Å². The third kappa shape index (κ3) is 4.13. The van der Waals surface area contributed by atoms with Gasteiger partial charge in [-0.3, -0.25) is 4.79 Å². The SMILES string of the molecule is N#Cc1cccc(NC(=O)CSc2nnc(C(F)(F)F)n2N)c1. The number of hydrogen-bond acceptors (Lipinski definition) is 6. The number of thioether (sulfide) groups is 1. The van der Waals surface area contributed by atoms with Crippen molar-refractivity contribution in [1.29, 1.82) is 5.26 Å². The zero-order chi connectivity index (χ0) is 17.0. The van der Waals surface area contributed by atoms with Crippen molar-refractivity contribution < 1.29 is 18.0 Å². The fourth-order valence-electron chi connectivity index (χ4n) is 1.56. The first-order chi connectivity index (χ1) is 10.8. The molecule has 0 spiro atoms. The number of hydrogen-bond donors (Lipinski definition) is 2. The normalized spacial score (nSPS) is 11.0. The summed E-state index contributed by atoms with van der Waals surface area (Å²) in [6.45, 7) is 0. The van der Waals surface area contributed by atoms with Gasteiger partial charge in [0.15, 0.2) is 0 Å². The van der Waals surface area contributed by atoms with Crippen LogP contribution in [-0.2, 0) is 11.0 Å². The summed E-state index contributed by atoms with van der Waals surface area (Å²) in [5.41, 5.74) is 0.770. The van der Waals surface area contributed by atoms with E-state index in [9.17, 15) is 18.0 Å². The molecule has 0 fully saturated rings. The minimum absolute atomic E-state index is 0.218. The van der Waals surface area contributed by atoms with Crippen LogP contribution in [-0.4, -0.2) is 26.5 Å². The lowest BCUT2D eigenvalue weighted by Gasteiger charge is -2.06. The molecule has 7 nitrogen and oxygen atoms in total. The van der Waals surface area contributed by atoms with Crippen LogP contribution in [0.1, 0.15) is 11.4 Å². The molecule has 23 heavy (non-hydrogen) atoms. The van der Waals surface area contributed by atoms with Gasteiger partial charge in [-0.25, -0.2) is 4.68 Å². The van der Waals surface area contributed by atoms with E-state index in [1.165, 1.54) is 6.07 Å². The van der Waals surface area contributed by atoms with Gasteiger partial charge < -0.3 is 11.2 Å². The molecule has 0 aliphatic rings. The van der Waals surface area contributed by atoms with Crippen LogP contribution >= 0.6 is 11.8 Å². The molecule has 1 amide bonds. The second kappa shape index (κ2) is 6.57. The number of amides is 1. The van der Waals surface area contributed by atoms with Crippen LogP contribution in [0.4, 0.5) is 18.9 Å². The molecule has 2 aromatic rings. The highest BCUT2D eigenvalue weighted by molar-refractivity contribution is 7.99. The maximum Gasteiger partial charge on any atom is 0.453 e. The molecule has 1 heterocycles. The van der Waals surface area contributed by atoms with Crippen LogP contribution in [0.15, 0.2) is 29.4 Å². The number of alkyl halides is 3. The first-order valence-electron chi connectivity index (χ1n) is 6.02. The first kappa shape index (κ1) is 16.6. The predicted molar refractivity (Wildman–Crippen MR) is 75.7 cm³/mol. The monoisotopic (exact) mass is 342 g/mol. The van der Waals surface area contributed by atoms with E-state index in [4.69, 9.17) is 11.1 Å². The van der Waals surface area contributed by atoms with Crippen molar-refractivity contribution in [2.45, 2.75) is 11.3 Å². The third-order valence-corrected chi connectivity index (χ3v) is 3.47. The van der Waals surface area contributed by atoms with Crippen LogP contribution < -0.4 is 11.2 Å². The molecule has 0 unspecified atom stereocenters. The minimum atomic E-state index is -4.72. The van der Waals surface area contributed by atoms with Gasteiger partial charge in [0, 0.05) is 5.69 Å². The van der Waals surface area contributed by atoms with E-state index in [2.05, 4.69) is 15.5 Å². The topological polar surface area (TPSA) is 110 Å². The Morgan fingerprint density at radius 3 is 2.78 bits per heavy atom. The standard InChI is InChI=1S/C12H9F3N6OS/c13-12(14,15)10-19-20-11(21(10)17)23-6-9(22)18-8-3-1-2-7(4-8)5-16/h1-4H,6,17H2,(H,18,22). The number of nitrogens with zero attached hydrogens (tertiary/aromatic N) is 4. The van der Waals surface area contributed by atoms with Gasteiger partial charge in [0.25, 0.3) is 5.82 Å². The quantitative estimate of drug-likeness (QED) is 0.645. The number of aromatic nitrogens is 3. The maximum atomic E-state index is 12.5. The molecule has 0 bridgehead atoms. The Kier molecular flexibility index (Phi) is 4.75. The number of carbonyl (C=O) groups is 1. The van der Waals surface area contributed by atoms with Gasteiger partial charge >= 0.3 is 6.18 Å². The van der Waals surface area contributed by atoms with Crippen molar-refractivity contribution in [2.24, 2.45) is 0 Å². The van der Waals surface area contributed by atoms with E-state index in [0.717, 1.165) is 0 Å². The summed E-state index contributed by atoms with van der Waals surface area (Å²) in [5.74, 6) is 3.20. The van der Waals surface area contributed by atoms with E-state index in [1.54, 1.807) is 18.2 Å². The predicted octanol–water partition coefficient (Wildman–Crippen LogP) is 1.61. The lowest BCUT2D eigenvalue weighted by atomic mass is 10.2. The minimum Gasteiger partial charge on any atom is -0.335 e. The van der Waals surface area contributed by atoms with Crippen LogP contribution in [0, 0.1) is 11.3 Å². The smallest absolute Gasteiger partial charge is 0.335 e. The largest absolute Gasteiger partial charge is 0.453 e. The van der Waals surface area contributed by atoms with E-state index in [1.807, 2.05) is 6.07 Å². The number of nitrogens with two attached hydrogens (primary N) is 1. The Morgan fingerprint density at radius 2 is 2.17 bits per heavy atom. The van der Waals surface area contributed by atoms with Gasteiger partial charge in [0.1, 0.15) is 0 Å². The van der Waals surface area contributed by atoms with Crippen LogP contribution in [0.3, 0.4) is 0 Å². The molecule has 1 aromatic carbocycles. The second-order valence-corrected chi connectivity index (χ2v) is 5.15. The number of nitrogens with one attached hydrogen (secondary N) is 1. The van der Waals surface area contributed by atoms with Crippen molar-refractivity contribution in [3.8, 4) is 6.07 Å². The maximum absolute atomic E-state index is 12.5. The summed E-state index contributed by atoms with van der Waals surface area (Å²) >= 11 is 0.709. The molecule has 0 aliphatic carbocycles. The summed E-state index contributed by atoms with van der Waals surface area (Å²) in [6.07, 6.45) is -4.72. The third-order valence-electron chi connectivity index (χ3n) is 2.53. The lowest BCUT2D eigenvalue weighted by molar-refractivity contribution is -0.146. The van der Waals surface area contributed by atoms with Crippen LogP contribution in [0.5, 0.6) is 0 Å². The zero-order valence-corrected chi connectivity index (χ0v) is 12.1. The molecule has 0 saturated carbocycles. The van der Waals surface area contributed by atoms with Gasteiger partial charge in [-0.2, -0.15) is 18.4 Å². The summed E-state index contributed by atoms with van der Waals surface area (Å²) in [7, 11) is 0. The van der Waals surface area contributed by atoms with Gasteiger partial charge in [-0.1, -0.05) is 17.8 Å². The number of anilines is 1. The van der Waals surface area contributed by atoms with Gasteiger partial charge in [-0.15, -0.1) is 10.2 Å². The fraction of sp³-hybridized carbons (Fsp3) is 0.167. The highest BCUT2D eigenvalue weighted by Gasteiger charge is 2.38. The van der Waals surface area contributed by atoms with E-state index >= 15 is 0 Å². The highest BCUT2D eigenvalue weighted by Crippen LogP contribution is 2.28. The second-order valence-electron chi connectivity index (χ2n) is 4.20. The molecule has 0 atom stereocenters. The molecule has 11 heteroatoms. The molecular formula is C12H9F3N6OS. The Labute approximate surface area is 132 Å². The van der Waals surface area contributed by atoms with Gasteiger partial charge in [-0.05, 0) is 18.2 Å². The van der Waals surface area contributed by atoms with E-state index < -0.39 is 17.9 Å². The highest BCUT2D eigenvalue weighted by atomic mass is 32.2. The average molecular weight is 342 g/mol. The molecular weight excluding hydrogens is 333 g/mol. The van der Waals surface area contributed by atoms with Crippen LogP contribution in [0.2, 0.25) is 0 Å². The zero-order valence-electron chi connectivity index (χ0n) is 11.3. The molecule has 3 N–H and O–H groups in total. The Hall–Kier alpha value is -2.74. The van der Waals surface area contributed by atoms with Crippen molar-refractivity contribution in [1.82, 2.24) is 14.9 Å². The Balaban J connectivity index is 1.97. The molecule has 0 radical (unpaired) electrons. The van der Waals surface area contributed by atoms with Gasteiger partial charge in [0.05, 0.1) is 17.4 Å². The van der Waals surface area contributed by atoms with E-state index in [-0.39, 0.29) is 15.6 Å². The molecule has 0 aliphatic heterocycles. The summed E-state index contributed by atoms with van der Waals surface area (Å²) in [5, 5.41) is 17.3. The number of carbonyl (C=O) groups excluding carboxylic acids is 1.